The Morgan fingerprint density at radius 3 is 2.18 bits per heavy atom. The first kappa shape index (κ1) is 19.7. The highest BCUT2D eigenvalue weighted by Crippen LogP contribution is 2.60. The highest BCUT2D eigenvalue weighted by Gasteiger charge is 2.51. The first-order valence-corrected chi connectivity index (χ1v) is 12.4. The first-order valence-electron chi connectivity index (χ1n) is 10.5. The van der Waals surface area contributed by atoms with Crippen molar-refractivity contribution < 1.29 is 13.2 Å². The van der Waals surface area contributed by atoms with Crippen molar-refractivity contribution in [2.45, 2.75) is 68.7 Å². The molecule has 6 heteroatoms. The molecule has 4 bridgehead atoms. The molecule has 0 unspecified atom stereocenters. The van der Waals surface area contributed by atoms with Gasteiger partial charge < -0.3 is 10.6 Å². The van der Waals surface area contributed by atoms with Gasteiger partial charge in [-0.05, 0) is 93.2 Å². The average Bonchev–Trinajstić information content (AvgIpc) is 2.57. The second-order valence-corrected chi connectivity index (χ2v) is 11.7. The maximum atomic E-state index is 12.5. The molecular formula is C22H32N2O3S. The Hall–Kier alpha value is -1.56. The Bertz CT molecular complexity index is 840. The average molecular weight is 405 g/mol. The Kier molecular flexibility index (Phi) is 4.97. The highest BCUT2D eigenvalue weighted by atomic mass is 32.2. The van der Waals surface area contributed by atoms with Crippen LogP contribution in [0.15, 0.2) is 23.1 Å². The third-order valence-corrected chi connectivity index (χ3v) is 8.06. The van der Waals surface area contributed by atoms with E-state index in [9.17, 15) is 13.2 Å². The summed E-state index contributed by atoms with van der Waals surface area (Å²) in [4.78, 5) is 12.3. The monoisotopic (exact) mass is 404 g/mol. The largest absolute Gasteiger partial charge is 0.375 e. The predicted octanol–water partition coefficient (Wildman–Crippen LogP) is 3.49. The van der Waals surface area contributed by atoms with Gasteiger partial charge in [0.15, 0.2) is 9.84 Å². The van der Waals surface area contributed by atoms with E-state index in [4.69, 9.17) is 0 Å². The van der Waals surface area contributed by atoms with Gasteiger partial charge in [0.1, 0.15) is 0 Å². The van der Waals surface area contributed by atoms with Crippen LogP contribution in [0, 0.1) is 17.8 Å². The van der Waals surface area contributed by atoms with E-state index in [2.05, 4.69) is 16.7 Å². The van der Waals surface area contributed by atoms with Gasteiger partial charge in [-0.2, -0.15) is 0 Å². The first-order chi connectivity index (χ1) is 13.1. The van der Waals surface area contributed by atoms with Crippen molar-refractivity contribution in [2.24, 2.45) is 17.8 Å². The van der Waals surface area contributed by atoms with Crippen LogP contribution in [0.1, 0.15) is 57.9 Å². The summed E-state index contributed by atoms with van der Waals surface area (Å²) in [5.41, 5.74) is 1.86. The zero-order chi connectivity index (χ0) is 20.1. The molecule has 4 aliphatic rings. The van der Waals surface area contributed by atoms with Crippen LogP contribution in [0.5, 0.6) is 0 Å². The fourth-order valence-electron chi connectivity index (χ4n) is 6.32. The van der Waals surface area contributed by atoms with Crippen molar-refractivity contribution in [2.75, 3.05) is 18.1 Å². The van der Waals surface area contributed by atoms with Crippen LogP contribution in [0.25, 0.3) is 0 Å². The van der Waals surface area contributed by atoms with Crippen molar-refractivity contribution in [3.8, 4) is 0 Å². The molecule has 5 nitrogen and oxygen atoms in total. The van der Waals surface area contributed by atoms with Crippen LogP contribution < -0.4 is 10.6 Å². The number of benzene rings is 1. The molecule has 1 aromatic carbocycles. The third kappa shape index (κ3) is 3.80. The molecule has 4 aliphatic carbocycles. The van der Waals surface area contributed by atoms with Gasteiger partial charge in [0, 0.05) is 12.3 Å². The van der Waals surface area contributed by atoms with E-state index >= 15 is 0 Å². The lowest BCUT2D eigenvalue weighted by Gasteiger charge is -2.57. The predicted molar refractivity (Wildman–Crippen MR) is 111 cm³/mol. The lowest BCUT2D eigenvalue weighted by molar-refractivity contribution is -0.119. The second kappa shape index (κ2) is 7.05. The lowest BCUT2D eigenvalue weighted by Crippen LogP contribution is -2.48. The molecule has 1 aromatic rings. The lowest BCUT2D eigenvalue weighted by atomic mass is 9.48. The summed E-state index contributed by atoms with van der Waals surface area (Å²) >= 11 is 0. The number of anilines is 1. The molecule has 4 saturated carbocycles. The molecule has 0 saturated heterocycles. The molecular weight excluding hydrogens is 372 g/mol. The maximum absolute atomic E-state index is 12.5. The number of carbonyl (C=O) groups excluding carboxylic acids is 1. The second-order valence-electron chi connectivity index (χ2n) is 9.76. The smallest absolute Gasteiger partial charge is 0.239 e. The van der Waals surface area contributed by atoms with Gasteiger partial charge in [0.2, 0.25) is 5.91 Å². The molecule has 0 radical (unpaired) electrons. The van der Waals surface area contributed by atoms with E-state index < -0.39 is 9.84 Å². The Balaban J connectivity index is 1.62. The normalized spacial score (nSPS) is 31.2. The van der Waals surface area contributed by atoms with Gasteiger partial charge in [0.05, 0.1) is 17.1 Å². The van der Waals surface area contributed by atoms with Gasteiger partial charge in [0.25, 0.3) is 0 Å². The number of amides is 1. The molecule has 1 amide bonds. The van der Waals surface area contributed by atoms with Crippen molar-refractivity contribution >= 4 is 21.4 Å². The summed E-state index contributed by atoms with van der Waals surface area (Å²) in [5.74, 6) is 2.29. The summed E-state index contributed by atoms with van der Waals surface area (Å²) in [6.07, 6.45) is 8.95. The summed E-state index contributed by atoms with van der Waals surface area (Å²) < 4.78 is 25.0. The molecule has 2 N–H and O–H groups in total. The highest BCUT2D eigenvalue weighted by molar-refractivity contribution is 7.90. The fraction of sp³-hybridized carbons (Fsp3) is 0.682. The van der Waals surface area contributed by atoms with Crippen molar-refractivity contribution in [1.82, 2.24) is 5.32 Å². The van der Waals surface area contributed by atoms with Crippen LogP contribution in [-0.4, -0.2) is 33.2 Å². The SMILES string of the molecule is CC(C)NC(=O)CNc1ccc(C23CC4CC(CC(C4)C2)C3)cc1S(C)(=O)=O. The summed E-state index contributed by atoms with van der Waals surface area (Å²) in [5, 5.41) is 5.86. The van der Waals surface area contributed by atoms with Crippen molar-refractivity contribution in [3.05, 3.63) is 23.8 Å². The molecule has 0 aromatic heterocycles. The zero-order valence-electron chi connectivity index (χ0n) is 17.1. The van der Waals surface area contributed by atoms with Crippen LogP contribution in [0.2, 0.25) is 0 Å². The molecule has 28 heavy (non-hydrogen) atoms. The molecule has 0 heterocycles. The fourth-order valence-corrected chi connectivity index (χ4v) is 7.20. The van der Waals surface area contributed by atoms with Gasteiger partial charge >= 0.3 is 0 Å². The van der Waals surface area contributed by atoms with E-state index in [1.807, 2.05) is 26.0 Å². The minimum Gasteiger partial charge on any atom is -0.375 e. The van der Waals surface area contributed by atoms with Crippen LogP contribution in [0.4, 0.5) is 5.69 Å². The molecule has 5 rings (SSSR count). The van der Waals surface area contributed by atoms with Crippen LogP contribution in [-0.2, 0) is 20.0 Å². The minimum atomic E-state index is -3.39. The van der Waals surface area contributed by atoms with Crippen molar-refractivity contribution in [1.29, 1.82) is 0 Å². The van der Waals surface area contributed by atoms with E-state index in [-0.39, 0.29) is 23.9 Å². The van der Waals surface area contributed by atoms with E-state index in [0.29, 0.717) is 10.6 Å². The minimum absolute atomic E-state index is 0.0575. The van der Waals surface area contributed by atoms with Gasteiger partial charge in [-0.25, -0.2) is 8.42 Å². The molecule has 154 valence electrons. The topological polar surface area (TPSA) is 75.3 Å². The zero-order valence-corrected chi connectivity index (χ0v) is 17.9. The number of hydrogen-bond acceptors (Lipinski definition) is 4. The Labute approximate surface area is 168 Å². The van der Waals surface area contributed by atoms with Crippen LogP contribution in [0.3, 0.4) is 0 Å². The summed E-state index contributed by atoms with van der Waals surface area (Å²) in [6.45, 7) is 3.87. The number of nitrogens with one attached hydrogen (secondary N) is 2. The molecule has 4 fully saturated rings. The molecule has 0 aliphatic heterocycles. The van der Waals surface area contributed by atoms with E-state index in [1.54, 1.807) is 0 Å². The summed E-state index contributed by atoms with van der Waals surface area (Å²) in [7, 11) is -3.39. The van der Waals surface area contributed by atoms with Gasteiger partial charge in [-0.15, -0.1) is 0 Å². The van der Waals surface area contributed by atoms with Gasteiger partial charge in [-0.1, -0.05) is 6.07 Å². The number of hydrogen-bond donors (Lipinski definition) is 2. The van der Waals surface area contributed by atoms with E-state index in [1.165, 1.54) is 50.3 Å². The summed E-state index contributed by atoms with van der Waals surface area (Å²) in [6, 6.07) is 5.92. The van der Waals surface area contributed by atoms with Crippen LogP contribution >= 0.6 is 0 Å². The molecule has 0 spiro atoms. The standard InChI is InChI=1S/C22H32N2O3S/c1-14(2)24-21(25)13-23-19-5-4-18(9-20(19)28(3,26)27)22-10-15-6-16(11-22)8-17(7-15)12-22/h4-5,9,14-17,23H,6-8,10-13H2,1-3H3,(H,24,25). The van der Waals surface area contributed by atoms with E-state index in [0.717, 1.165) is 17.8 Å². The van der Waals surface area contributed by atoms with Crippen molar-refractivity contribution in [3.63, 3.8) is 0 Å². The number of sulfone groups is 1. The third-order valence-electron chi connectivity index (χ3n) is 6.92. The maximum Gasteiger partial charge on any atom is 0.239 e. The quantitative estimate of drug-likeness (QED) is 0.761. The Morgan fingerprint density at radius 1 is 1.11 bits per heavy atom. The number of rotatable bonds is 6. The Morgan fingerprint density at radius 2 is 1.68 bits per heavy atom. The number of carbonyl (C=O) groups is 1. The van der Waals surface area contributed by atoms with Gasteiger partial charge in [-0.3, -0.25) is 4.79 Å². The molecule has 0 atom stereocenters.